The average molecular weight is 224 g/mol. The third-order valence-electron chi connectivity index (χ3n) is 2.94. The lowest BCUT2D eigenvalue weighted by atomic mass is 9.96. The molecular weight excluding hydrogens is 208 g/mol. The van der Waals surface area contributed by atoms with E-state index in [0.29, 0.717) is 0 Å². The van der Waals surface area contributed by atoms with Crippen LogP contribution in [0.25, 0.3) is 0 Å². The zero-order valence-corrected chi connectivity index (χ0v) is 9.19. The van der Waals surface area contributed by atoms with Crippen molar-refractivity contribution in [2.24, 2.45) is 0 Å². The van der Waals surface area contributed by atoms with Crippen LogP contribution < -0.4 is 0 Å². The molecule has 2 heterocycles. The Morgan fingerprint density at radius 1 is 0.688 bits per heavy atom. The van der Waals surface area contributed by atoms with Gasteiger partial charge in [-0.05, 0) is 12.8 Å². The Balaban J connectivity index is 1.68. The van der Waals surface area contributed by atoms with Crippen LogP contribution in [0.4, 0.5) is 0 Å². The number of hydrogen-bond acceptors (Lipinski definition) is 4. The van der Waals surface area contributed by atoms with E-state index < -0.39 is 0 Å². The number of ether oxygens (including phenoxy) is 4. The van der Waals surface area contributed by atoms with Gasteiger partial charge in [0.05, 0.1) is 26.4 Å². The quantitative estimate of drug-likeness (QED) is 0.710. The van der Waals surface area contributed by atoms with Gasteiger partial charge in [0.2, 0.25) is 0 Å². The topological polar surface area (TPSA) is 36.9 Å². The molecule has 4 nitrogen and oxygen atoms in total. The van der Waals surface area contributed by atoms with Crippen LogP contribution in [0, 0.1) is 0 Å². The first-order valence-electron chi connectivity index (χ1n) is 5.84. The van der Waals surface area contributed by atoms with Crippen molar-refractivity contribution >= 4 is 0 Å². The minimum absolute atomic E-state index is 0.220. The first kappa shape index (κ1) is 10.5. The minimum Gasteiger partial charge on any atom is -0.348 e. The van der Waals surface area contributed by atoms with Gasteiger partial charge in [-0.1, -0.05) is 12.2 Å². The Labute approximate surface area is 94.8 Å². The summed E-state index contributed by atoms with van der Waals surface area (Å²) < 4.78 is 22.2. The third-order valence-corrected chi connectivity index (χ3v) is 2.94. The maximum atomic E-state index is 5.56. The molecule has 0 amide bonds. The summed E-state index contributed by atoms with van der Waals surface area (Å²) in [7, 11) is 0. The van der Waals surface area contributed by atoms with Crippen LogP contribution in [-0.2, 0) is 18.9 Å². The van der Waals surface area contributed by atoms with Crippen LogP contribution in [0.1, 0.15) is 12.8 Å². The highest BCUT2D eigenvalue weighted by atomic mass is 16.7. The molecule has 0 radical (unpaired) electrons. The normalized spacial score (nSPS) is 28.2. The number of hydrogen-bond donors (Lipinski definition) is 0. The van der Waals surface area contributed by atoms with E-state index in [2.05, 4.69) is 0 Å². The fourth-order valence-corrected chi connectivity index (χ4v) is 2.04. The molecule has 0 saturated carbocycles. The van der Waals surface area contributed by atoms with Gasteiger partial charge in [0.15, 0.2) is 12.6 Å². The largest absolute Gasteiger partial charge is 0.348 e. The summed E-state index contributed by atoms with van der Waals surface area (Å²) >= 11 is 0. The van der Waals surface area contributed by atoms with E-state index in [1.807, 2.05) is 12.2 Å². The molecule has 0 aromatic rings. The fraction of sp³-hybridized carbons (Fsp3) is 0.667. The molecule has 4 heteroatoms. The summed E-state index contributed by atoms with van der Waals surface area (Å²) in [6, 6.07) is 0. The Hall–Kier alpha value is -0.680. The van der Waals surface area contributed by atoms with E-state index in [-0.39, 0.29) is 12.6 Å². The molecule has 0 aromatic heterocycles. The van der Waals surface area contributed by atoms with Crippen LogP contribution in [0.15, 0.2) is 23.3 Å². The predicted molar refractivity (Wildman–Crippen MR) is 56.8 cm³/mol. The van der Waals surface area contributed by atoms with E-state index in [4.69, 9.17) is 18.9 Å². The molecule has 0 spiro atoms. The van der Waals surface area contributed by atoms with Crippen LogP contribution in [0.3, 0.4) is 0 Å². The van der Waals surface area contributed by atoms with Crippen LogP contribution in [0.2, 0.25) is 0 Å². The molecule has 0 N–H and O–H groups in total. The van der Waals surface area contributed by atoms with Crippen molar-refractivity contribution in [2.75, 3.05) is 26.4 Å². The predicted octanol–water partition coefficient (Wildman–Crippen LogP) is 1.38. The van der Waals surface area contributed by atoms with Crippen molar-refractivity contribution in [2.45, 2.75) is 25.4 Å². The summed E-state index contributed by atoms with van der Waals surface area (Å²) in [6.07, 6.45) is 5.54. The van der Waals surface area contributed by atoms with Crippen molar-refractivity contribution in [1.29, 1.82) is 0 Å². The molecule has 16 heavy (non-hydrogen) atoms. The van der Waals surface area contributed by atoms with Crippen LogP contribution >= 0.6 is 0 Å². The van der Waals surface area contributed by atoms with Crippen LogP contribution in [-0.4, -0.2) is 39.0 Å². The summed E-state index contributed by atoms with van der Waals surface area (Å²) in [5, 5.41) is 0. The van der Waals surface area contributed by atoms with Crippen molar-refractivity contribution in [1.82, 2.24) is 0 Å². The monoisotopic (exact) mass is 224 g/mol. The molecular formula is C12H16O4. The van der Waals surface area contributed by atoms with E-state index in [9.17, 15) is 0 Å². The average Bonchev–Trinajstić information content (AvgIpc) is 2.30. The maximum Gasteiger partial charge on any atom is 0.184 e. The lowest BCUT2D eigenvalue weighted by Crippen LogP contribution is -2.34. The standard InChI is InChI=1S/C12H16O4/c1-5-13-11(14-6-1)9-3-4-10(9)12-15-7-2-8-16-12/h3-4,11-12H,1-2,5-8H2. The van der Waals surface area contributed by atoms with Gasteiger partial charge in [-0.25, -0.2) is 0 Å². The second kappa shape index (κ2) is 4.67. The highest BCUT2D eigenvalue weighted by Crippen LogP contribution is 2.31. The third kappa shape index (κ3) is 1.94. The molecule has 0 aromatic carbocycles. The van der Waals surface area contributed by atoms with Crippen molar-refractivity contribution in [3.8, 4) is 0 Å². The second-order valence-corrected chi connectivity index (χ2v) is 4.10. The van der Waals surface area contributed by atoms with E-state index >= 15 is 0 Å². The Morgan fingerprint density at radius 2 is 1.06 bits per heavy atom. The first-order valence-corrected chi connectivity index (χ1v) is 5.84. The highest BCUT2D eigenvalue weighted by molar-refractivity contribution is 5.47. The zero-order valence-electron chi connectivity index (χ0n) is 9.19. The minimum atomic E-state index is -0.220. The zero-order chi connectivity index (χ0) is 10.8. The molecule has 0 unspecified atom stereocenters. The van der Waals surface area contributed by atoms with Gasteiger partial charge in [0.1, 0.15) is 0 Å². The SMILES string of the molecule is C1=CC(C2OCCCO2)=C1C1OCCCO1. The smallest absolute Gasteiger partial charge is 0.184 e. The molecule has 2 saturated heterocycles. The van der Waals surface area contributed by atoms with Gasteiger partial charge >= 0.3 is 0 Å². The highest BCUT2D eigenvalue weighted by Gasteiger charge is 2.30. The molecule has 3 aliphatic rings. The molecule has 2 fully saturated rings. The van der Waals surface area contributed by atoms with Crippen molar-refractivity contribution in [3.63, 3.8) is 0 Å². The molecule has 88 valence electrons. The summed E-state index contributed by atoms with van der Waals surface area (Å²) in [6.45, 7) is 3.06. The molecule has 0 bridgehead atoms. The Bertz CT molecular complexity index is 279. The van der Waals surface area contributed by atoms with E-state index in [1.165, 1.54) is 0 Å². The van der Waals surface area contributed by atoms with Crippen LogP contribution in [0.5, 0.6) is 0 Å². The van der Waals surface area contributed by atoms with E-state index in [1.54, 1.807) is 0 Å². The van der Waals surface area contributed by atoms with Gasteiger partial charge < -0.3 is 18.9 Å². The van der Waals surface area contributed by atoms with Gasteiger partial charge in [0.25, 0.3) is 0 Å². The number of rotatable bonds is 2. The second-order valence-electron chi connectivity index (χ2n) is 4.10. The molecule has 0 atom stereocenters. The molecule has 3 rings (SSSR count). The van der Waals surface area contributed by atoms with E-state index in [0.717, 1.165) is 50.4 Å². The molecule has 2 aliphatic heterocycles. The fourth-order valence-electron chi connectivity index (χ4n) is 2.04. The van der Waals surface area contributed by atoms with Crippen molar-refractivity contribution < 1.29 is 18.9 Å². The lowest BCUT2D eigenvalue weighted by Gasteiger charge is -2.33. The van der Waals surface area contributed by atoms with Gasteiger partial charge in [-0.15, -0.1) is 0 Å². The Kier molecular flexibility index (Phi) is 3.06. The summed E-state index contributed by atoms with van der Waals surface area (Å²) in [5.74, 6) is 0. The van der Waals surface area contributed by atoms with Gasteiger partial charge in [0, 0.05) is 11.1 Å². The van der Waals surface area contributed by atoms with Gasteiger partial charge in [-0.3, -0.25) is 0 Å². The lowest BCUT2D eigenvalue weighted by molar-refractivity contribution is -0.168. The maximum absolute atomic E-state index is 5.56. The summed E-state index contributed by atoms with van der Waals surface area (Å²) in [4.78, 5) is 0. The first-order chi connectivity index (χ1) is 7.95. The summed E-state index contributed by atoms with van der Waals surface area (Å²) in [5.41, 5.74) is 2.15. The Morgan fingerprint density at radius 3 is 1.38 bits per heavy atom. The van der Waals surface area contributed by atoms with Crippen molar-refractivity contribution in [3.05, 3.63) is 23.3 Å². The molecule has 1 aliphatic carbocycles. The van der Waals surface area contributed by atoms with Gasteiger partial charge in [-0.2, -0.15) is 0 Å².